The number of ether oxygens (including phenoxy) is 1. The lowest BCUT2D eigenvalue weighted by Crippen LogP contribution is -2.34. The predicted octanol–water partition coefficient (Wildman–Crippen LogP) is 1.27. The fourth-order valence-electron chi connectivity index (χ4n) is 1.97. The van der Waals surface area contributed by atoms with E-state index in [2.05, 4.69) is 5.32 Å². The SMILES string of the molecule is CCN(CC)C(=O)CCNC(=O)c1ccc(N)c(OC)c1. The van der Waals surface area contributed by atoms with E-state index in [4.69, 9.17) is 10.5 Å². The van der Waals surface area contributed by atoms with E-state index in [1.54, 1.807) is 23.1 Å². The van der Waals surface area contributed by atoms with E-state index < -0.39 is 0 Å². The molecule has 0 aliphatic heterocycles. The van der Waals surface area contributed by atoms with Gasteiger partial charge in [0.2, 0.25) is 5.91 Å². The predicted molar refractivity (Wildman–Crippen MR) is 82.3 cm³/mol. The summed E-state index contributed by atoms with van der Waals surface area (Å²) in [6, 6.07) is 4.82. The third-order valence-corrected chi connectivity index (χ3v) is 3.24. The van der Waals surface area contributed by atoms with Crippen LogP contribution < -0.4 is 15.8 Å². The monoisotopic (exact) mass is 293 g/mol. The number of amides is 2. The van der Waals surface area contributed by atoms with Gasteiger partial charge in [0, 0.05) is 31.6 Å². The number of nitrogen functional groups attached to an aromatic ring is 1. The highest BCUT2D eigenvalue weighted by atomic mass is 16.5. The zero-order valence-electron chi connectivity index (χ0n) is 12.8. The molecule has 6 nitrogen and oxygen atoms in total. The standard InChI is InChI=1S/C15H23N3O3/c1-4-18(5-2)14(19)8-9-17-15(20)11-6-7-12(16)13(10-11)21-3/h6-7,10H,4-5,8-9,16H2,1-3H3,(H,17,20). The molecule has 0 spiro atoms. The highest BCUT2D eigenvalue weighted by Crippen LogP contribution is 2.21. The van der Waals surface area contributed by atoms with Crippen LogP contribution in [0, 0.1) is 0 Å². The van der Waals surface area contributed by atoms with Gasteiger partial charge in [0.15, 0.2) is 0 Å². The second-order valence-electron chi connectivity index (χ2n) is 4.53. The summed E-state index contributed by atoms with van der Waals surface area (Å²) < 4.78 is 5.07. The number of hydrogen-bond acceptors (Lipinski definition) is 4. The number of benzene rings is 1. The minimum absolute atomic E-state index is 0.0372. The van der Waals surface area contributed by atoms with Crippen LogP contribution in [-0.4, -0.2) is 43.5 Å². The number of carbonyl (C=O) groups is 2. The number of nitrogens with zero attached hydrogens (tertiary/aromatic N) is 1. The van der Waals surface area contributed by atoms with Crippen molar-refractivity contribution in [1.29, 1.82) is 0 Å². The first-order valence-electron chi connectivity index (χ1n) is 7.02. The molecule has 116 valence electrons. The molecular formula is C15H23N3O3. The maximum absolute atomic E-state index is 12.0. The fraction of sp³-hybridized carbons (Fsp3) is 0.467. The molecule has 0 heterocycles. The largest absolute Gasteiger partial charge is 0.495 e. The number of methoxy groups -OCH3 is 1. The molecule has 0 saturated heterocycles. The zero-order valence-corrected chi connectivity index (χ0v) is 12.8. The lowest BCUT2D eigenvalue weighted by molar-refractivity contribution is -0.130. The number of nitrogens with one attached hydrogen (secondary N) is 1. The third kappa shape index (κ3) is 4.66. The summed E-state index contributed by atoms with van der Waals surface area (Å²) in [6.07, 6.45) is 0.291. The maximum Gasteiger partial charge on any atom is 0.251 e. The molecule has 6 heteroatoms. The molecule has 0 saturated carbocycles. The number of rotatable bonds is 7. The molecule has 1 aromatic rings. The summed E-state index contributed by atoms with van der Waals surface area (Å²) in [7, 11) is 1.50. The van der Waals surface area contributed by atoms with Crippen molar-refractivity contribution in [2.24, 2.45) is 0 Å². The molecule has 1 rings (SSSR count). The van der Waals surface area contributed by atoms with E-state index in [1.165, 1.54) is 7.11 Å². The van der Waals surface area contributed by atoms with Crippen molar-refractivity contribution in [3.05, 3.63) is 23.8 Å². The molecule has 0 aliphatic rings. The molecule has 0 atom stereocenters. The third-order valence-electron chi connectivity index (χ3n) is 3.24. The van der Waals surface area contributed by atoms with Crippen molar-refractivity contribution in [2.45, 2.75) is 20.3 Å². The molecule has 0 aromatic heterocycles. The first-order valence-corrected chi connectivity index (χ1v) is 7.02. The fourth-order valence-corrected chi connectivity index (χ4v) is 1.97. The highest BCUT2D eigenvalue weighted by Gasteiger charge is 2.11. The summed E-state index contributed by atoms with van der Waals surface area (Å²) >= 11 is 0. The Morgan fingerprint density at radius 3 is 2.52 bits per heavy atom. The number of carbonyl (C=O) groups excluding carboxylic acids is 2. The van der Waals surface area contributed by atoms with Gasteiger partial charge in [-0.15, -0.1) is 0 Å². The van der Waals surface area contributed by atoms with Crippen LogP contribution in [-0.2, 0) is 4.79 Å². The maximum atomic E-state index is 12.0. The smallest absolute Gasteiger partial charge is 0.251 e. The van der Waals surface area contributed by atoms with Gasteiger partial charge in [-0.1, -0.05) is 0 Å². The zero-order chi connectivity index (χ0) is 15.8. The number of nitrogens with two attached hydrogens (primary N) is 1. The van der Waals surface area contributed by atoms with E-state index in [0.717, 1.165) is 0 Å². The molecule has 21 heavy (non-hydrogen) atoms. The van der Waals surface area contributed by atoms with E-state index in [0.29, 0.717) is 43.1 Å². The molecule has 2 amide bonds. The van der Waals surface area contributed by atoms with E-state index in [9.17, 15) is 9.59 Å². The first kappa shape index (κ1) is 16.8. The Hall–Kier alpha value is -2.24. The Kier molecular flexibility index (Phi) is 6.52. The summed E-state index contributed by atoms with van der Waals surface area (Å²) in [4.78, 5) is 25.5. The first-order chi connectivity index (χ1) is 10.0. The van der Waals surface area contributed by atoms with Gasteiger partial charge in [-0.25, -0.2) is 0 Å². The highest BCUT2D eigenvalue weighted by molar-refractivity contribution is 5.95. The molecule has 0 radical (unpaired) electrons. The van der Waals surface area contributed by atoms with Crippen LogP contribution in [0.15, 0.2) is 18.2 Å². The lowest BCUT2D eigenvalue weighted by Gasteiger charge is -2.18. The van der Waals surface area contributed by atoms with E-state index >= 15 is 0 Å². The van der Waals surface area contributed by atoms with Gasteiger partial charge >= 0.3 is 0 Å². The molecule has 0 unspecified atom stereocenters. The van der Waals surface area contributed by atoms with Gasteiger partial charge in [0.25, 0.3) is 5.91 Å². The molecule has 1 aromatic carbocycles. The second kappa shape index (κ2) is 8.14. The Morgan fingerprint density at radius 1 is 1.29 bits per heavy atom. The van der Waals surface area contributed by atoms with Crippen molar-refractivity contribution in [3.63, 3.8) is 0 Å². The topological polar surface area (TPSA) is 84.7 Å². The van der Waals surface area contributed by atoms with Gasteiger partial charge in [-0.05, 0) is 32.0 Å². The Bertz CT molecular complexity index is 499. The molecular weight excluding hydrogens is 270 g/mol. The van der Waals surface area contributed by atoms with Crippen LogP contribution >= 0.6 is 0 Å². The van der Waals surface area contributed by atoms with Crippen LogP contribution in [0.4, 0.5) is 5.69 Å². The Balaban J connectivity index is 2.53. The summed E-state index contributed by atoms with van der Waals surface area (Å²) in [5.41, 5.74) is 6.63. The summed E-state index contributed by atoms with van der Waals surface area (Å²) in [6.45, 7) is 5.53. The molecule has 0 fully saturated rings. The van der Waals surface area contributed by atoms with Crippen molar-refractivity contribution >= 4 is 17.5 Å². The molecule has 0 aliphatic carbocycles. The van der Waals surface area contributed by atoms with Crippen LogP contribution in [0.5, 0.6) is 5.75 Å². The average molecular weight is 293 g/mol. The lowest BCUT2D eigenvalue weighted by atomic mass is 10.1. The molecule has 0 bridgehead atoms. The van der Waals surface area contributed by atoms with E-state index in [1.807, 2.05) is 13.8 Å². The minimum atomic E-state index is -0.249. The van der Waals surface area contributed by atoms with Crippen LogP contribution in [0.2, 0.25) is 0 Å². The quantitative estimate of drug-likeness (QED) is 0.741. The number of anilines is 1. The van der Waals surface area contributed by atoms with Crippen LogP contribution in [0.1, 0.15) is 30.6 Å². The van der Waals surface area contributed by atoms with Crippen molar-refractivity contribution < 1.29 is 14.3 Å². The number of hydrogen-bond donors (Lipinski definition) is 2. The average Bonchev–Trinajstić information content (AvgIpc) is 2.48. The van der Waals surface area contributed by atoms with Crippen molar-refractivity contribution in [1.82, 2.24) is 10.2 Å². The van der Waals surface area contributed by atoms with Crippen LogP contribution in [0.25, 0.3) is 0 Å². The summed E-state index contributed by atoms with van der Waals surface area (Å²) in [5, 5.41) is 2.72. The van der Waals surface area contributed by atoms with E-state index in [-0.39, 0.29) is 11.8 Å². The van der Waals surface area contributed by atoms with Gasteiger partial charge < -0.3 is 20.7 Å². The van der Waals surface area contributed by atoms with Gasteiger partial charge in [0.1, 0.15) is 5.75 Å². The van der Waals surface area contributed by atoms with Crippen molar-refractivity contribution in [2.75, 3.05) is 32.5 Å². The summed E-state index contributed by atoms with van der Waals surface area (Å²) in [5.74, 6) is 0.248. The van der Waals surface area contributed by atoms with Gasteiger partial charge in [-0.2, -0.15) is 0 Å². The van der Waals surface area contributed by atoms with Crippen LogP contribution in [0.3, 0.4) is 0 Å². The van der Waals surface area contributed by atoms with Crippen molar-refractivity contribution in [3.8, 4) is 5.75 Å². The molecule has 3 N–H and O–H groups in total. The van der Waals surface area contributed by atoms with Gasteiger partial charge in [0.05, 0.1) is 12.8 Å². The van der Waals surface area contributed by atoms with Gasteiger partial charge in [-0.3, -0.25) is 9.59 Å². The second-order valence-corrected chi connectivity index (χ2v) is 4.53. The Labute approximate surface area is 125 Å². The normalized spacial score (nSPS) is 10.0. The Morgan fingerprint density at radius 2 is 1.95 bits per heavy atom. The minimum Gasteiger partial charge on any atom is -0.495 e.